The Morgan fingerprint density at radius 3 is 2.79 bits per heavy atom. The highest BCUT2D eigenvalue weighted by molar-refractivity contribution is 5.94. The molecule has 4 heteroatoms. The van der Waals surface area contributed by atoms with Crippen LogP contribution in [0.1, 0.15) is 15.9 Å². The van der Waals surface area contributed by atoms with E-state index < -0.39 is 5.97 Å². The Morgan fingerprint density at radius 2 is 2.29 bits per heavy atom. The van der Waals surface area contributed by atoms with Gasteiger partial charge in [0.15, 0.2) is 0 Å². The molecule has 0 amide bonds. The summed E-state index contributed by atoms with van der Waals surface area (Å²) in [6.45, 7) is 0. The Morgan fingerprint density at radius 1 is 1.57 bits per heavy atom. The smallest absolute Gasteiger partial charge is 0.337 e. The summed E-state index contributed by atoms with van der Waals surface area (Å²) in [5.74, 6) is -1.06. The minimum atomic E-state index is -1.06. The third-order valence-electron chi connectivity index (χ3n) is 1.66. The van der Waals surface area contributed by atoms with E-state index in [1.165, 1.54) is 18.2 Å². The fourth-order valence-corrected chi connectivity index (χ4v) is 1.01. The molecule has 0 fully saturated rings. The highest BCUT2D eigenvalue weighted by atomic mass is 16.4. The van der Waals surface area contributed by atoms with Crippen LogP contribution in [0.25, 0.3) is 6.08 Å². The molecule has 0 unspecified atom stereocenters. The number of nitriles is 1. The van der Waals surface area contributed by atoms with Crippen molar-refractivity contribution >= 4 is 17.7 Å². The van der Waals surface area contributed by atoms with E-state index >= 15 is 0 Å². The lowest BCUT2D eigenvalue weighted by molar-refractivity contribution is 0.0698. The van der Waals surface area contributed by atoms with Gasteiger partial charge in [-0.05, 0) is 23.8 Å². The van der Waals surface area contributed by atoms with Crippen LogP contribution >= 0.6 is 0 Å². The molecule has 0 atom stereocenters. The number of nitrogens with zero attached hydrogens (tertiary/aromatic N) is 1. The number of anilines is 1. The van der Waals surface area contributed by atoms with Gasteiger partial charge in [-0.15, -0.1) is 0 Å². The Hall–Kier alpha value is -2.28. The lowest BCUT2D eigenvalue weighted by Gasteiger charge is -2.00. The zero-order chi connectivity index (χ0) is 10.6. The molecule has 0 aliphatic rings. The molecule has 0 aliphatic carbocycles. The first kappa shape index (κ1) is 9.81. The van der Waals surface area contributed by atoms with Gasteiger partial charge < -0.3 is 10.8 Å². The van der Waals surface area contributed by atoms with Crippen molar-refractivity contribution in [2.75, 3.05) is 5.73 Å². The summed E-state index contributed by atoms with van der Waals surface area (Å²) < 4.78 is 0. The molecule has 70 valence electrons. The van der Waals surface area contributed by atoms with Gasteiger partial charge in [-0.2, -0.15) is 5.26 Å². The van der Waals surface area contributed by atoms with Gasteiger partial charge in [0.05, 0.1) is 11.6 Å². The molecule has 1 rings (SSSR count). The SMILES string of the molecule is N#CC=Cc1ccc(C(=O)O)c(N)c1. The van der Waals surface area contributed by atoms with E-state index in [4.69, 9.17) is 16.1 Å². The van der Waals surface area contributed by atoms with E-state index in [2.05, 4.69) is 0 Å². The predicted molar refractivity (Wildman–Crippen MR) is 52.5 cm³/mol. The van der Waals surface area contributed by atoms with Crippen LogP contribution in [-0.4, -0.2) is 11.1 Å². The Bertz CT molecular complexity index is 430. The molecule has 0 spiro atoms. The van der Waals surface area contributed by atoms with Crippen molar-refractivity contribution < 1.29 is 9.90 Å². The quantitative estimate of drug-likeness (QED) is 0.543. The third-order valence-corrected chi connectivity index (χ3v) is 1.66. The highest BCUT2D eigenvalue weighted by Crippen LogP contribution is 2.15. The Labute approximate surface area is 80.9 Å². The van der Waals surface area contributed by atoms with E-state index in [0.29, 0.717) is 5.56 Å². The van der Waals surface area contributed by atoms with Crippen molar-refractivity contribution in [2.45, 2.75) is 0 Å². The second-order valence-electron chi connectivity index (χ2n) is 2.61. The summed E-state index contributed by atoms with van der Waals surface area (Å²) in [6, 6.07) is 6.35. The molecule has 1 aromatic rings. The van der Waals surface area contributed by atoms with Crippen molar-refractivity contribution in [3.63, 3.8) is 0 Å². The average molecular weight is 188 g/mol. The van der Waals surface area contributed by atoms with Crippen molar-refractivity contribution in [1.29, 1.82) is 5.26 Å². The number of aromatic carboxylic acids is 1. The molecule has 14 heavy (non-hydrogen) atoms. The molecular formula is C10H8N2O2. The van der Waals surface area contributed by atoms with E-state index in [1.807, 2.05) is 6.07 Å². The van der Waals surface area contributed by atoms with Gasteiger partial charge in [0.25, 0.3) is 0 Å². The summed E-state index contributed by atoms with van der Waals surface area (Å²) >= 11 is 0. The number of rotatable bonds is 2. The summed E-state index contributed by atoms with van der Waals surface area (Å²) in [5.41, 5.74) is 6.46. The maximum atomic E-state index is 10.6. The Kier molecular flexibility index (Phi) is 2.87. The fraction of sp³-hybridized carbons (Fsp3) is 0. The highest BCUT2D eigenvalue weighted by Gasteiger charge is 2.06. The number of nitrogen functional groups attached to an aromatic ring is 1. The van der Waals surface area contributed by atoms with Crippen LogP contribution < -0.4 is 5.73 Å². The number of carboxylic acid groups (broad SMARTS) is 1. The van der Waals surface area contributed by atoms with Crippen molar-refractivity contribution in [2.24, 2.45) is 0 Å². The molecule has 0 heterocycles. The fourth-order valence-electron chi connectivity index (χ4n) is 1.01. The van der Waals surface area contributed by atoms with Crippen LogP contribution in [0.5, 0.6) is 0 Å². The van der Waals surface area contributed by atoms with E-state index in [9.17, 15) is 4.79 Å². The van der Waals surface area contributed by atoms with Crippen LogP contribution in [-0.2, 0) is 0 Å². The van der Waals surface area contributed by atoms with Crippen LogP contribution in [0.4, 0.5) is 5.69 Å². The second kappa shape index (κ2) is 4.10. The predicted octanol–water partition coefficient (Wildman–Crippen LogP) is 1.50. The molecule has 0 aromatic heterocycles. The van der Waals surface area contributed by atoms with Gasteiger partial charge in [0.2, 0.25) is 0 Å². The Balaban J connectivity index is 3.08. The molecule has 3 N–H and O–H groups in total. The van der Waals surface area contributed by atoms with Gasteiger partial charge in [-0.25, -0.2) is 4.79 Å². The maximum Gasteiger partial charge on any atom is 0.337 e. The summed E-state index contributed by atoms with van der Waals surface area (Å²) in [7, 11) is 0. The number of carbonyl (C=O) groups is 1. The zero-order valence-electron chi connectivity index (χ0n) is 7.27. The van der Waals surface area contributed by atoms with Crippen molar-refractivity contribution in [3.05, 3.63) is 35.4 Å². The lowest BCUT2D eigenvalue weighted by atomic mass is 10.1. The molecule has 0 bridgehead atoms. The normalized spacial score (nSPS) is 9.93. The lowest BCUT2D eigenvalue weighted by Crippen LogP contribution is -2.01. The molecule has 4 nitrogen and oxygen atoms in total. The topological polar surface area (TPSA) is 87.1 Å². The van der Waals surface area contributed by atoms with Crippen LogP contribution in [0.15, 0.2) is 24.3 Å². The van der Waals surface area contributed by atoms with Gasteiger partial charge >= 0.3 is 5.97 Å². The summed E-state index contributed by atoms with van der Waals surface area (Å²) in [4.78, 5) is 10.6. The molecule has 0 radical (unpaired) electrons. The first-order valence-corrected chi connectivity index (χ1v) is 3.84. The number of nitrogens with two attached hydrogens (primary N) is 1. The van der Waals surface area contributed by atoms with E-state index in [0.717, 1.165) is 0 Å². The first-order chi connectivity index (χ1) is 6.65. The minimum absolute atomic E-state index is 0.0686. The van der Waals surface area contributed by atoms with E-state index in [1.54, 1.807) is 12.1 Å². The van der Waals surface area contributed by atoms with Gasteiger partial charge in [0, 0.05) is 11.8 Å². The van der Waals surface area contributed by atoms with Gasteiger partial charge in [-0.3, -0.25) is 0 Å². The van der Waals surface area contributed by atoms with Crippen LogP contribution in [0.3, 0.4) is 0 Å². The number of hydrogen-bond donors (Lipinski definition) is 2. The molecular weight excluding hydrogens is 180 g/mol. The number of carboxylic acids is 1. The number of allylic oxidation sites excluding steroid dienone is 1. The second-order valence-corrected chi connectivity index (χ2v) is 2.61. The third kappa shape index (κ3) is 2.11. The monoisotopic (exact) mass is 188 g/mol. The average Bonchev–Trinajstić information content (AvgIpc) is 2.14. The van der Waals surface area contributed by atoms with Crippen LogP contribution in [0, 0.1) is 11.3 Å². The van der Waals surface area contributed by atoms with Gasteiger partial charge in [0.1, 0.15) is 0 Å². The standard InChI is InChI=1S/C10H8N2O2/c11-5-1-2-7-3-4-8(10(13)14)9(12)6-7/h1-4,6H,12H2,(H,13,14). The zero-order valence-corrected chi connectivity index (χ0v) is 7.27. The molecule has 1 aromatic carbocycles. The van der Waals surface area contributed by atoms with E-state index in [-0.39, 0.29) is 11.3 Å². The van der Waals surface area contributed by atoms with Crippen molar-refractivity contribution in [1.82, 2.24) is 0 Å². The molecule has 0 saturated heterocycles. The maximum absolute atomic E-state index is 10.6. The van der Waals surface area contributed by atoms with Crippen molar-refractivity contribution in [3.8, 4) is 6.07 Å². The summed E-state index contributed by atoms with van der Waals surface area (Å²) in [5, 5.41) is 17.0. The van der Waals surface area contributed by atoms with Crippen LogP contribution in [0.2, 0.25) is 0 Å². The minimum Gasteiger partial charge on any atom is -0.478 e. The number of benzene rings is 1. The number of hydrogen-bond acceptors (Lipinski definition) is 3. The largest absolute Gasteiger partial charge is 0.478 e. The molecule has 0 saturated carbocycles. The molecule has 0 aliphatic heterocycles. The van der Waals surface area contributed by atoms with Gasteiger partial charge in [-0.1, -0.05) is 6.07 Å². The first-order valence-electron chi connectivity index (χ1n) is 3.84. The summed E-state index contributed by atoms with van der Waals surface area (Å²) in [6.07, 6.45) is 2.86.